The van der Waals surface area contributed by atoms with Crippen LogP contribution in [-0.2, 0) is 23.0 Å². The molecule has 3 aromatic rings. The highest BCUT2D eigenvalue weighted by atomic mass is 32.2. The Morgan fingerprint density at radius 1 is 1.21 bits per heavy atom. The zero-order valence-corrected chi connectivity index (χ0v) is 15.5. The molecule has 0 aliphatic rings. The van der Waals surface area contributed by atoms with Gasteiger partial charge in [0.05, 0.1) is 11.0 Å². The second-order valence-corrected chi connectivity index (χ2v) is 8.79. The number of rotatable bonds is 7. The first-order valence-electron chi connectivity index (χ1n) is 8.01. The van der Waals surface area contributed by atoms with Crippen LogP contribution in [0.2, 0.25) is 0 Å². The molecule has 1 aromatic carbocycles. The van der Waals surface area contributed by atoms with Crippen molar-refractivity contribution in [3.05, 3.63) is 47.1 Å². The highest BCUT2D eigenvalue weighted by molar-refractivity contribution is 7.91. The molecule has 5 nitrogen and oxygen atoms in total. The van der Waals surface area contributed by atoms with Crippen LogP contribution in [0, 0.1) is 6.92 Å². The highest BCUT2D eigenvalue weighted by Crippen LogP contribution is 2.21. The van der Waals surface area contributed by atoms with Crippen LogP contribution in [0.4, 0.5) is 0 Å². The third-order valence-electron chi connectivity index (χ3n) is 3.95. The Morgan fingerprint density at radius 3 is 2.75 bits per heavy atom. The van der Waals surface area contributed by atoms with Gasteiger partial charge in [-0.1, -0.05) is 19.1 Å². The second kappa shape index (κ2) is 7.04. The van der Waals surface area contributed by atoms with E-state index in [9.17, 15) is 8.42 Å². The van der Waals surface area contributed by atoms with E-state index in [0.29, 0.717) is 17.2 Å². The van der Waals surface area contributed by atoms with Gasteiger partial charge in [-0.25, -0.2) is 18.1 Å². The molecule has 1 N–H and O–H groups in total. The molecule has 2 aromatic heterocycles. The molecule has 0 saturated heterocycles. The van der Waals surface area contributed by atoms with Crippen molar-refractivity contribution in [2.24, 2.45) is 0 Å². The standard InChI is InChI=1S/C17H21N3O2S2/c1-3-14-9-10-17(23-14)24(21,22)18-11-6-12-20-13(2)19-15-7-4-5-8-16(15)20/h4-5,7-10,18H,3,6,11-12H2,1-2H3. The van der Waals surface area contributed by atoms with Crippen LogP contribution >= 0.6 is 11.3 Å². The topological polar surface area (TPSA) is 64.0 Å². The maximum absolute atomic E-state index is 12.3. The van der Waals surface area contributed by atoms with Gasteiger partial charge in [0.1, 0.15) is 10.0 Å². The first-order chi connectivity index (χ1) is 11.5. The van der Waals surface area contributed by atoms with Crippen molar-refractivity contribution < 1.29 is 8.42 Å². The van der Waals surface area contributed by atoms with E-state index < -0.39 is 10.0 Å². The highest BCUT2D eigenvalue weighted by Gasteiger charge is 2.16. The van der Waals surface area contributed by atoms with Gasteiger partial charge in [0.25, 0.3) is 0 Å². The Labute approximate surface area is 146 Å². The van der Waals surface area contributed by atoms with E-state index >= 15 is 0 Å². The Kier molecular flexibility index (Phi) is 5.03. The fraction of sp³-hybridized carbons (Fsp3) is 0.353. The van der Waals surface area contributed by atoms with Crippen LogP contribution in [0.3, 0.4) is 0 Å². The van der Waals surface area contributed by atoms with E-state index in [4.69, 9.17) is 0 Å². The van der Waals surface area contributed by atoms with Gasteiger partial charge < -0.3 is 4.57 Å². The summed E-state index contributed by atoms with van der Waals surface area (Å²) in [5.74, 6) is 0.949. The molecule has 0 amide bonds. The van der Waals surface area contributed by atoms with E-state index in [1.165, 1.54) is 11.3 Å². The Hall–Kier alpha value is -1.70. The van der Waals surface area contributed by atoms with Crippen molar-refractivity contribution in [3.63, 3.8) is 0 Å². The molecule has 0 radical (unpaired) electrons. The van der Waals surface area contributed by atoms with Gasteiger partial charge in [-0.2, -0.15) is 0 Å². The van der Waals surface area contributed by atoms with Crippen LogP contribution < -0.4 is 4.72 Å². The number of aryl methyl sites for hydroxylation is 3. The lowest BCUT2D eigenvalue weighted by Gasteiger charge is -2.08. The second-order valence-electron chi connectivity index (χ2n) is 5.62. The molecule has 0 atom stereocenters. The minimum atomic E-state index is -3.40. The van der Waals surface area contributed by atoms with Crippen molar-refractivity contribution in [2.75, 3.05) is 6.54 Å². The van der Waals surface area contributed by atoms with E-state index in [-0.39, 0.29) is 0 Å². The first-order valence-corrected chi connectivity index (χ1v) is 10.3. The maximum atomic E-state index is 12.3. The Morgan fingerprint density at radius 2 is 2.00 bits per heavy atom. The first kappa shape index (κ1) is 17.1. The van der Waals surface area contributed by atoms with Crippen LogP contribution in [0.5, 0.6) is 0 Å². The lowest BCUT2D eigenvalue weighted by molar-refractivity contribution is 0.572. The molecule has 0 fully saturated rings. The van der Waals surface area contributed by atoms with E-state index in [1.54, 1.807) is 6.07 Å². The molecule has 0 saturated carbocycles. The van der Waals surface area contributed by atoms with Crippen LogP contribution in [0.15, 0.2) is 40.6 Å². The number of hydrogen-bond acceptors (Lipinski definition) is 4. The average molecular weight is 364 g/mol. The Balaban J connectivity index is 1.61. The van der Waals surface area contributed by atoms with Gasteiger partial charge in [0.15, 0.2) is 0 Å². The van der Waals surface area contributed by atoms with E-state index in [0.717, 1.165) is 34.7 Å². The molecular weight excluding hydrogens is 342 g/mol. The largest absolute Gasteiger partial charge is 0.328 e. The van der Waals surface area contributed by atoms with Gasteiger partial charge in [-0.15, -0.1) is 11.3 Å². The normalized spacial score (nSPS) is 12.1. The third-order valence-corrected chi connectivity index (χ3v) is 7.13. The quantitative estimate of drug-likeness (QED) is 0.655. The fourth-order valence-corrected chi connectivity index (χ4v) is 5.10. The molecule has 0 spiro atoms. The summed E-state index contributed by atoms with van der Waals surface area (Å²) >= 11 is 1.33. The van der Waals surface area contributed by atoms with Crippen molar-refractivity contribution in [1.29, 1.82) is 0 Å². The smallest absolute Gasteiger partial charge is 0.250 e. The van der Waals surface area contributed by atoms with Gasteiger partial charge in [-0.3, -0.25) is 0 Å². The lowest BCUT2D eigenvalue weighted by atomic mass is 10.3. The average Bonchev–Trinajstić information content (AvgIpc) is 3.16. The number of fused-ring (bicyclic) bond motifs is 1. The molecule has 128 valence electrons. The van der Waals surface area contributed by atoms with Crippen molar-refractivity contribution in [3.8, 4) is 0 Å². The minimum absolute atomic E-state index is 0.392. The predicted octanol–water partition coefficient (Wildman–Crippen LogP) is 3.34. The lowest BCUT2D eigenvalue weighted by Crippen LogP contribution is -2.25. The van der Waals surface area contributed by atoms with Crippen LogP contribution in [0.1, 0.15) is 24.0 Å². The SMILES string of the molecule is CCc1ccc(S(=O)(=O)NCCCn2c(C)nc3ccccc32)s1. The summed E-state index contributed by atoms with van der Waals surface area (Å²) < 4.78 is 29.8. The third kappa shape index (κ3) is 3.53. The van der Waals surface area contributed by atoms with Crippen molar-refractivity contribution >= 4 is 32.4 Å². The molecule has 0 aliphatic carbocycles. The number of para-hydroxylation sites is 2. The zero-order valence-electron chi connectivity index (χ0n) is 13.8. The molecule has 24 heavy (non-hydrogen) atoms. The summed E-state index contributed by atoms with van der Waals surface area (Å²) in [6.07, 6.45) is 1.57. The number of aromatic nitrogens is 2. The van der Waals surface area contributed by atoms with Gasteiger partial charge in [0.2, 0.25) is 10.0 Å². The zero-order chi connectivity index (χ0) is 17.2. The molecule has 0 aliphatic heterocycles. The molecule has 2 heterocycles. The summed E-state index contributed by atoms with van der Waals surface area (Å²) in [7, 11) is -3.40. The minimum Gasteiger partial charge on any atom is -0.328 e. The molecule has 0 unspecified atom stereocenters. The monoisotopic (exact) mass is 363 g/mol. The summed E-state index contributed by atoms with van der Waals surface area (Å²) in [4.78, 5) is 5.61. The number of hydrogen-bond donors (Lipinski definition) is 1. The van der Waals surface area contributed by atoms with Crippen molar-refractivity contribution in [1.82, 2.24) is 14.3 Å². The van der Waals surface area contributed by atoms with Gasteiger partial charge in [-0.05, 0) is 44.0 Å². The van der Waals surface area contributed by atoms with E-state index in [1.807, 2.05) is 44.2 Å². The van der Waals surface area contributed by atoms with Gasteiger partial charge in [0, 0.05) is 18.0 Å². The van der Waals surface area contributed by atoms with Crippen molar-refractivity contribution in [2.45, 2.75) is 37.4 Å². The molecule has 7 heteroatoms. The number of imidazole rings is 1. The number of nitrogens with zero attached hydrogens (tertiary/aromatic N) is 2. The summed E-state index contributed by atoms with van der Waals surface area (Å²) in [5.41, 5.74) is 2.06. The summed E-state index contributed by atoms with van der Waals surface area (Å²) in [6.45, 7) is 5.14. The van der Waals surface area contributed by atoms with E-state index in [2.05, 4.69) is 14.3 Å². The number of thiophene rings is 1. The molecule has 3 rings (SSSR count). The molecular formula is C17H21N3O2S2. The summed E-state index contributed by atoms with van der Waals surface area (Å²) in [5, 5.41) is 0. The van der Waals surface area contributed by atoms with Crippen LogP contribution in [-0.4, -0.2) is 24.5 Å². The van der Waals surface area contributed by atoms with Gasteiger partial charge >= 0.3 is 0 Å². The fourth-order valence-electron chi connectivity index (χ4n) is 2.69. The maximum Gasteiger partial charge on any atom is 0.250 e. The van der Waals surface area contributed by atoms with Crippen LogP contribution in [0.25, 0.3) is 11.0 Å². The number of nitrogens with one attached hydrogen (secondary N) is 1. The predicted molar refractivity (Wildman–Crippen MR) is 98.0 cm³/mol. The Bertz CT molecular complexity index is 942. The summed E-state index contributed by atoms with van der Waals surface area (Å²) in [6, 6.07) is 11.5. The molecule has 0 bridgehead atoms. The number of sulfonamides is 1. The number of benzene rings is 1.